The summed E-state index contributed by atoms with van der Waals surface area (Å²) in [7, 11) is 1.72. The van der Waals surface area contributed by atoms with Gasteiger partial charge in [0.15, 0.2) is 0 Å². The van der Waals surface area contributed by atoms with E-state index in [2.05, 4.69) is 29.4 Å². The molecule has 31 heavy (non-hydrogen) atoms. The number of hydrogen-bond donors (Lipinski definition) is 1. The Bertz CT molecular complexity index is 783. The number of methoxy groups -OCH3 is 1. The second-order valence-electron chi connectivity index (χ2n) is 11.9. The number of ether oxygens (including phenoxy) is 1. The average molecular weight is 431 g/mol. The number of tetrazole rings is 1. The SMILES string of the molecule is COC[C@@]1(O)CC[C@H]2[C@H](CC[C@@H]3[C@@H]2CC[C@]2(C)[C@@H]([C@@H](C)Cn4nnnc4C)CC[C@@H]32)C1. The molecule has 174 valence electrons. The van der Waals surface area contributed by atoms with E-state index in [1.807, 2.05) is 11.6 Å². The van der Waals surface area contributed by atoms with E-state index in [1.54, 1.807) is 7.11 Å². The van der Waals surface area contributed by atoms with E-state index in [9.17, 15) is 5.11 Å². The van der Waals surface area contributed by atoms with Crippen LogP contribution in [0.5, 0.6) is 0 Å². The van der Waals surface area contributed by atoms with Crippen LogP contribution in [0.3, 0.4) is 0 Å². The Morgan fingerprint density at radius 1 is 1.10 bits per heavy atom. The van der Waals surface area contributed by atoms with Crippen molar-refractivity contribution in [3.63, 3.8) is 0 Å². The zero-order chi connectivity index (χ0) is 21.8. The van der Waals surface area contributed by atoms with E-state index in [4.69, 9.17) is 4.74 Å². The van der Waals surface area contributed by atoms with E-state index in [-0.39, 0.29) is 0 Å². The highest BCUT2D eigenvalue weighted by Gasteiger charge is 2.58. The summed E-state index contributed by atoms with van der Waals surface area (Å²) in [5.41, 5.74) is -0.102. The van der Waals surface area contributed by atoms with Crippen LogP contribution in [-0.2, 0) is 11.3 Å². The minimum absolute atomic E-state index is 0.473. The largest absolute Gasteiger partial charge is 0.387 e. The Hall–Kier alpha value is -1.01. The van der Waals surface area contributed by atoms with Crippen molar-refractivity contribution in [1.29, 1.82) is 0 Å². The van der Waals surface area contributed by atoms with Gasteiger partial charge in [0.2, 0.25) is 0 Å². The highest BCUT2D eigenvalue weighted by molar-refractivity contribution is 5.07. The van der Waals surface area contributed by atoms with E-state index < -0.39 is 5.60 Å². The summed E-state index contributed by atoms with van der Waals surface area (Å²) in [5, 5.41) is 23.1. The van der Waals surface area contributed by atoms with E-state index in [1.165, 1.54) is 44.9 Å². The minimum atomic E-state index is -0.575. The molecule has 0 spiro atoms. The summed E-state index contributed by atoms with van der Waals surface area (Å²) in [5.74, 6) is 6.54. The third kappa shape index (κ3) is 3.66. The fourth-order valence-electron chi connectivity index (χ4n) is 9.16. The third-order valence-electron chi connectivity index (χ3n) is 10.4. The van der Waals surface area contributed by atoms with Crippen molar-refractivity contribution in [1.82, 2.24) is 20.2 Å². The quantitative estimate of drug-likeness (QED) is 0.755. The maximum atomic E-state index is 11.0. The van der Waals surface area contributed by atoms with Crippen LogP contribution >= 0.6 is 0 Å². The van der Waals surface area contributed by atoms with Crippen molar-refractivity contribution in [2.75, 3.05) is 13.7 Å². The lowest BCUT2D eigenvalue weighted by molar-refractivity contribution is -0.126. The van der Waals surface area contributed by atoms with E-state index >= 15 is 0 Å². The second kappa shape index (κ2) is 8.09. The normalized spacial score (nSPS) is 45.6. The molecule has 0 saturated heterocycles. The summed E-state index contributed by atoms with van der Waals surface area (Å²) in [6, 6.07) is 0. The number of aryl methyl sites for hydroxylation is 1. The average Bonchev–Trinajstić information content (AvgIpc) is 3.30. The number of fused-ring (bicyclic) bond motifs is 5. The maximum Gasteiger partial charge on any atom is 0.148 e. The van der Waals surface area contributed by atoms with Crippen LogP contribution in [0.25, 0.3) is 0 Å². The van der Waals surface area contributed by atoms with Crippen molar-refractivity contribution >= 4 is 0 Å². The summed E-state index contributed by atoms with van der Waals surface area (Å²) in [4.78, 5) is 0. The molecule has 0 bridgehead atoms. The Morgan fingerprint density at radius 2 is 1.90 bits per heavy atom. The van der Waals surface area contributed by atoms with Gasteiger partial charge in [-0.25, -0.2) is 4.68 Å². The molecule has 0 radical (unpaired) electrons. The van der Waals surface area contributed by atoms with Crippen molar-refractivity contribution < 1.29 is 9.84 Å². The van der Waals surface area contributed by atoms with Crippen LogP contribution in [0.1, 0.15) is 77.5 Å². The lowest BCUT2D eigenvalue weighted by Gasteiger charge is -2.57. The first-order chi connectivity index (χ1) is 14.8. The lowest BCUT2D eigenvalue weighted by Crippen LogP contribution is -2.52. The topological polar surface area (TPSA) is 73.1 Å². The molecule has 0 aromatic carbocycles. The first-order valence-electron chi connectivity index (χ1n) is 12.8. The number of rotatable bonds is 5. The van der Waals surface area contributed by atoms with Gasteiger partial charge in [-0.1, -0.05) is 13.8 Å². The molecule has 1 N–H and O–H groups in total. The van der Waals surface area contributed by atoms with Crippen LogP contribution in [-0.4, -0.2) is 44.6 Å². The number of aliphatic hydroxyl groups is 1. The Morgan fingerprint density at radius 3 is 2.65 bits per heavy atom. The molecule has 6 nitrogen and oxygen atoms in total. The molecule has 1 heterocycles. The summed E-state index contributed by atoms with van der Waals surface area (Å²) in [6.07, 6.45) is 11.3. The maximum absolute atomic E-state index is 11.0. The predicted molar refractivity (Wildman–Crippen MR) is 119 cm³/mol. The van der Waals surface area contributed by atoms with Gasteiger partial charge in [0.05, 0.1) is 12.2 Å². The van der Waals surface area contributed by atoms with Gasteiger partial charge < -0.3 is 9.84 Å². The van der Waals surface area contributed by atoms with Gasteiger partial charge in [-0.15, -0.1) is 5.10 Å². The number of nitrogens with zero attached hydrogens (tertiary/aromatic N) is 4. The van der Waals surface area contributed by atoms with Gasteiger partial charge in [0.1, 0.15) is 5.82 Å². The van der Waals surface area contributed by atoms with E-state index in [0.717, 1.165) is 54.8 Å². The summed E-state index contributed by atoms with van der Waals surface area (Å²) < 4.78 is 7.36. The van der Waals surface area contributed by atoms with Crippen molar-refractivity contribution in [2.45, 2.75) is 90.7 Å². The Kier molecular flexibility index (Phi) is 5.69. The van der Waals surface area contributed by atoms with Crippen molar-refractivity contribution in [3.8, 4) is 0 Å². The molecule has 0 unspecified atom stereocenters. The summed E-state index contributed by atoms with van der Waals surface area (Å²) in [6.45, 7) is 8.51. The Balaban J connectivity index is 1.29. The first kappa shape index (κ1) is 21.8. The molecule has 6 heteroatoms. The van der Waals surface area contributed by atoms with Gasteiger partial charge in [0.25, 0.3) is 0 Å². The van der Waals surface area contributed by atoms with E-state index in [0.29, 0.717) is 23.9 Å². The fraction of sp³-hybridized carbons (Fsp3) is 0.960. The molecule has 4 aliphatic carbocycles. The standard InChI is InChI=1S/C25H42N4O2/c1-16(14-29-17(2)26-27-28-29)22-7-8-23-21-6-5-18-13-25(30,15-31-4)12-10-19(18)20(21)9-11-24(22,23)3/h16,18-23,30H,5-15H2,1-4H3/t16-,18+,19-,20+,21+,22+,23-,24+,25+/m0/s1. The van der Waals surface area contributed by atoms with Gasteiger partial charge in [0, 0.05) is 13.7 Å². The predicted octanol–water partition coefficient (Wildman–Crippen LogP) is 4.26. The second-order valence-corrected chi connectivity index (χ2v) is 11.9. The third-order valence-corrected chi connectivity index (χ3v) is 10.4. The van der Waals surface area contributed by atoms with Crippen LogP contribution in [0.15, 0.2) is 0 Å². The highest BCUT2D eigenvalue weighted by Crippen LogP contribution is 2.65. The number of aromatic nitrogens is 4. The van der Waals surface area contributed by atoms with Crippen molar-refractivity contribution in [2.24, 2.45) is 46.8 Å². The smallest absolute Gasteiger partial charge is 0.148 e. The monoisotopic (exact) mass is 430 g/mol. The van der Waals surface area contributed by atoms with Gasteiger partial charge in [-0.2, -0.15) is 0 Å². The van der Waals surface area contributed by atoms with Crippen LogP contribution in [0.2, 0.25) is 0 Å². The molecule has 5 rings (SSSR count). The molecule has 0 aliphatic heterocycles. The highest BCUT2D eigenvalue weighted by atomic mass is 16.5. The summed E-state index contributed by atoms with van der Waals surface area (Å²) >= 11 is 0. The zero-order valence-electron chi connectivity index (χ0n) is 20.0. The zero-order valence-corrected chi connectivity index (χ0v) is 20.0. The molecule has 1 aromatic heterocycles. The molecule has 9 atom stereocenters. The fourth-order valence-corrected chi connectivity index (χ4v) is 9.16. The molecule has 4 fully saturated rings. The Labute approximate surface area is 187 Å². The molecular weight excluding hydrogens is 388 g/mol. The van der Waals surface area contributed by atoms with Crippen LogP contribution in [0.4, 0.5) is 0 Å². The van der Waals surface area contributed by atoms with Crippen LogP contribution < -0.4 is 0 Å². The molecule has 0 amide bonds. The first-order valence-corrected chi connectivity index (χ1v) is 12.8. The van der Waals surface area contributed by atoms with Gasteiger partial charge >= 0.3 is 0 Å². The molecule has 4 saturated carbocycles. The molecule has 1 aromatic rings. The van der Waals surface area contributed by atoms with Crippen LogP contribution in [0, 0.1) is 53.8 Å². The lowest BCUT2D eigenvalue weighted by atomic mass is 9.48. The minimum Gasteiger partial charge on any atom is -0.387 e. The molecule has 4 aliphatic rings. The molecular formula is C25H42N4O2. The number of hydrogen-bond acceptors (Lipinski definition) is 5. The van der Waals surface area contributed by atoms with Gasteiger partial charge in [-0.05, 0) is 122 Å². The van der Waals surface area contributed by atoms with Crippen molar-refractivity contribution in [3.05, 3.63) is 5.82 Å². The van der Waals surface area contributed by atoms with Gasteiger partial charge in [-0.3, -0.25) is 0 Å².